The number of benzene rings is 1. The van der Waals surface area contributed by atoms with Gasteiger partial charge in [-0.2, -0.15) is 0 Å². The van der Waals surface area contributed by atoms with E-state index < -0.39 is 0 Å². The van der Waals surface area contributed by atoms with E-state index in [-0.39, 0.29) is 10.8 Å². The SMILES string of the molecule is Fc1ccc2ncsc2c1Cl. The lowest BCUT2D eigenvalue weighted by Gasteiger charge is -1.92. The van der Waals surface area contributed by atoms with Gasteiger partial charge >= 0.3 is 0 Å². The molecular weight excluding hydrogens is 185 g/mol. The third kappa shape index (κ3) is 1.01. The van der Waals surface area contributed by atoms with Crippen LogP contribution < -0.4 is 0 Å². The van der Waals surface area contributed by atoms with Crippen molar-refractivity contribution in [1.82, 2.24) is 4.98 Å². The fourth-order valence-electron chi connectivity index (χ4n) is 0.871. The van der Waals surface area contributed by atoms with Crippen LogP contribution in [0.25, 0.3) is 10.2 Å². The Morgan fingerprint density at radius 1 is 1.45 bits per heavy atom. The first-order valence-electron chi connectivity index (χ1n) is 2.96. The van der Waals surface area contributed by atoms with E-state index in [2.05, 4.69) is 4.98 Å². The van der Waals surface area contributed by atoms with Gasteiger partial charge in [0.15, 0.2) is 0 Å². The van der Waals surface area contributed by atoms with E-state index in [1.54, 1.807) is 11.6 Å². The molecule has 0 radical (unpaired) electrons. The first-order chi connectivity index (χ1) is 5.29. The Labute approximate surface area is 71.4 Å². The van der Waals surface area contributed by atoms with Crippen molar-refractivity contribution in [2.75, 3.05) is 0 Å². The maximum absolute atomic E-state index is 12.8. The van der Waals surface area contributed by atoms with E-state index in [1.165, 1.54) is 17.4 Å². The van der Waals surface area contributed by atoms with Crippen LogP contribution in [-0.4, -0.2) is 4.98 Å². The molecule has 0 aliphatic carbocycles. The third-order valence-corrected chi connectivity index (χ3v) is 2.73. The topological polar surface area (TPSA) is 12.9 Å². The zero-order valence-electron chi connectivity index (χ0n) is 5.34. The lowest BCUT2D eigenvalue weighted by Crippen LogP contribution is -1.75. The summed E-state index contributed by atoms with van der Waals surface area (Å²) in [6.07, 6.45) is 0. The second kappa shape index (κ2) is 2.43. The highest BCUT2D eigenvalue weighted by Gasteiger charge is 2.05. The van der Waals surface area contributed by atoms with Gasteiger partial charge in [0.25, 0.3) is 0 Å². The summed E-state index contributed by atoms with van der Waals surface area (Å²) in [5.74, 6) is -0.386. The van der Waals surface area contributed by atoms with Gasteiger partial charge in [0.05, 0.1) is 20.7 Å². The van der Waals surface area contributed by atoms with Crippen LogP contribution in [0.3, 0.4) is 0 Å². The smallest absolute Gasteiger partial charge is 0.143 e. The van der Waals surface area contributed by atoms with Gasteiger partial charge in [0, 0.05) is 0 Å². The van der Waals surface area contributed by atoms with E-state index in [1.807, 2.05) is 0 Å². The van der Waals surface area contributed by atoms with Gasteiger partial charge < -0.3 is 0 Å². The number of nitrogens with zero attached hydrogens (tertiary/aromatic N) is 1. The molecule has 0 unspecified atom stereocenters. The number of fused-ring (bicyclic) bond motifs is 1. The summed E-state index contributed by atoms with van der Waals surface area (Å²) in [5.41, 5.74) is 2.40. The van der Waals surface area contributed by atoms with E-state index in [9.17, 15) is 4.39 Å². The minimum atomic E-state index is -0.386. The third-order valence-electron chi connectivity index (χ3n) is 1.39. The summed E-state index contributed by atoms with van der Waals surface area (Å²) < 4.78 is 13.5. The summed E-state index contributed by atoms with van der Waals surface area (Å²) >= 11 is 7.01. The molecule has 0 aliphatic rings. The number of hydrogen-bond acceptors (Lipinski definition) is 2. The molecule has 56 valence electrons. The second-order valence-corrected chi connectivity index (χ2v) is 3.29. The maximum Gasteiger partial charge on any atom is 0.143 e. The monoisotopic (exact) mass is 187 g/mol. The highest BCUT2D eigenvalue weighted by atomic mass is 35.5. The summed E-state index contributed by atoms with van der Waals surface area (Å²) in [6.45, 7) is 0. The van der Waals surface area contributed by atoms with Crippen molar-refractivity contribution in [1.29, 1.82) is 0 Å². The summed E-state index contributed by atoms with van der Waals surface area (Å²) in [5, 5.41) is 0.171. The molecule has 1 aromatic heterocycles. The van der Waals surface area contributed by atoms with E-state index in [0.717, 1.165) is 5.52 Å². The van der Waals surface area contributed by atoms with Crippen LogP contribution in [-0.2, 0) is 0 Å². The molecule has 0 saturated heterocycles. The lowest BCUT2D eigenvalue weighted by molar-refractivity contribution is 0.630. The van der Waals surface area contributed by atoms with Crippen LogP contribution in [0.15, 0.2) is 17.6 Å². The highest BCUT2D eigenvalue weighted by molar-refractivity contribution is 7.17. The fourth-order valence-corrected chi connectivity index (χ4v) is 1.88. The zero-order chi connectivity index (χ0) is 7.84. The number of aromatic nitrogens is 1. The van der Waals surface area contributed by atoms with Crippen LogP contribution >= 0.6 is 22.9 Å². The Morgan fingerprint density at radius 2 is 2.27 bits per heavy atom. The molecule has 0 saturated carbocycles. The molecular formula is C7H3ClFNS. The Kier molecular flexibility index (Phi) is 1.55. The van der Waals surface area contributed by atoms with Crippen LogP contribution in [0.5, 0.6) is 0 Å². The Bertz CT molecular complexity index is 398. The van der Waals surface area contributed by atoms with E-state index >= 15 is 0 Å². The number of rotatable bonds is 0. The molecule has 0 amide bonds. The van der Waals surface area contributed by atoms with Crippen molar-refractivity contribution >= 4 is 33.2 Å². The van der Waals surface area contributed by atoms with Gasteiger partial charge in [-0.25, -0.2) is 9.37 Å². The van der Waals surface area contributed by atoms with Gasteiger partial charge in [-0.1, -0.05) is 11.6 Å². The first-order valence-corrected chi connectivity index (χ1v) is 4.22. The molecule has 0 bridgehead atoms. The molecule has 0 spiro atoms. The van der Waals surface area contributed by atoms with Crippen molar-refractivity contribution in [3.63, 3.8) is 0 Å². The molecule has 11 heavy (non-hydrogen) atoms. The minimum absolute atomic E-state index is 0.171. The van der Waals surface area contributed by atoms with Gasteiger partial charge in [0.2, 0.25) is 0 Å². The second-order valence-electron chi connectivity index (χ2n) is 2.06. The highest BCUT2D eigenvalue weighted by Crippen LogP contribution is 2.28. The van der Waals surface area contributed by atoms with Crippen molar-refractivity contribution in [3.8, 4) is 0 Å². The Balaban J connectivity index is 2.93. The van der Waals surface area contributed by atoms with Crippen molar-refractivity contribution in [2.45, 2.75) is 0 Å². The molecule has 0 fully saturated rings. The minimum Gasteiger partial charge on any atom is -0.245 e. The summed E-state index contributed by atoms with van der Waals surface area (Å²) in [6, 6.07) is 2.94. The molecule has 1 aromatic carbocycles. The number of thiazole rings is 1. The predicted octanol–water partition coefficient (Wildman–Crippen LogP) is 3.09. The predicted molar refractivity (Wildman–Crippen MR) is 44.6 cm³/mol. The molecule has 0 N–H and O–H groups in total. The molecule has 2 aromatic rings. The van der Waals surface area contributed by atoms with Gasteiger partial charge in [-0.15, -0.1) is 11.3 Å². The Morgan fingerprint density at radius 3 is 3.09 bits per heavy atom. The maximum atomic E-state index is 12.8. The molecule has 0 aliphatic heterocycles. The normalized spacial score (nSPS) is 10.7. The van der Waals surface area contributed by atoms with Crippen LogP contribution in [0.2, 0.25) is 5.02 Å². The largest absolute Gasteiger partial charge is 0.245 e. The molecule has 0 atom stereocenters. The van der Waals surface area contributed by atoms with Gasteiger partial charge in [-0.05, 0) is 12.1 Å². The zero-order valence-corrected chi connectivity index (χ0v) is 6.92. The molecule has 4 heteroatoms. The van der Waals surface area contributed by atoms with Gasteiger partial charge in [0.1, 0.15) is 5.82 Å². The number of halogens is 2. The molecule has 2 rings (SSSR count). The van der Waals surface area contributed by atoms with Gasteiger partial charge in [-0.3, -0.25) is 0 Å². The van der Waals surface area contributed by atoms with E-state index in [4.69, 9.17) is 11.6 Å². The van der Waals surface area contributed by atoms with Crippen LogP contribution in [0.4, 0.5) is 4.39 Å². The van der Waals surface area contributed by atoms with E-state index in [0.29, 0.717) is 4.70 Å². The average Bonchev–Trinajstić information content (AvgIpc) is 2.45. The summed E-state index contributed by atoms with van der Waals surface area (Å²) in [7, 11) is 0. The van der Waals surface area contributed by atoms with Crippen molar-refractivity contribution in [2.24, 2.45) is 0 Å². The van der Waals surface area contributed by atoms with Crippen molar-refractivity contribution in [3.05, 3.63) is 28.5 Å². The quantitative estimate of drug-likeness (QED) is 0.618. The molecule has 1 nitrogen and oxygen atoms in total. The van der Waals surface area contributed by atoms with Crippen LogP contribution in [0, 0.1) is 5.82 Å². The standard InChI is InChI=1S/C7H3ClFNS/c8-6-4(9)1-2-5-7(6)11-3-10-5/h1-3H. The Hall–Kier alpha value is -0.670. The summed E-state index contributed by atoms with van der Waals surface area (Å²) in [4.78, 5) is 3.99. The molecule has 1 heterocycles. The first kappa shape index (κ1) is 7.00. The number of hydrogen-bond donors (Lipinski definition) is 0. The lowest BCUT2D eigenvalue weighted by atomic mass is 10.3. The van der Waals surface area contributed by atoms with Crippen LogP contribution in [0.1, 0.15) is 0 Å². The fraction of sp³-hybridized carbons (Fsp3) is 0. The van der Waals surface area contributed by atoms with Crippen molar-refractivity contribution < 1.29 is 4.39 Å². The average molecular weight is 188 g/mol.